The highest BCUT2D eigenvalue weighted by Gasteiger charge is 2.28. The van der Waals surface area contributed by atoms with Crippen molar-refractivity contribution in [2.75, 3.05) is 0 Å². The van der Waals surface area contributed by atoms with Gasteiger partial charge >= 0.3 is 0 Å². The van der Waals surface area contributed by atoms with Crippen molar-refractivity contribution in [1.82, 2.24) is 4.72 Å². The van der Waals surface area contributed by atoms with Gasteiger partial charge in [0.05, 0.1) is 10.9 Å². The molecule has 0 aliphatic carbocycles. The van der Waals surface area contributed by atoms with Gasteiger partial charge in [0.15, 0.2) is 5.78 Å². The molecule has 1 atom stereocenters. The summed E-state index contributed by atoms with van der Waals surface area (Å²) in [6, 6.07) is 17.3. The smallest absolute Gasteiger partial charge is 0.241 e. The predicted octanol–water partition coefficient (Wildman–Crippen LogP) is 6.03. The number of carbonyl (C=O) groups excluding carboxylic acids is 1. The Morgan fingerprint density at radius 2 is 1.59 bits per heavy atom. The molecule has 0 fully saturated rings. The molecule has 32 heavy (non-hydrogen) atoms. The quantitative estimate of drug-likeness (QED) is 0.322. The Morgan fingerprint density at radius 3 is 2.16 bits per heavy atom. The molecule has 4 nitrogen and oxygen atoms in total. The SMILES string of the molecule is CC/C=C(/C(=O)c1ccc(F)cc1)C(NS(=O)(=O)c1ccc(C)cc1)c1ccc(Cl)cc1. The van der Waals surface area contributed by atoms with Gasteiger partial charge in [-0.2, -0.15) is 4.72 Å². The molecule has 0 saturated heterocycles. The van der Waals surface area contributed by atoms with Gasteiger partial charge in [0, 0.05) is 16.2 Å². The fourth-order valence-electron chi connectivity index (χ4n) is 3.24. The number of aryl methyl sites for hydroxylation is 1. The lowest BCUT2D eigenvalue weighted by molar-refractivity contribution is 0.102. The van der Waals surface area contributed by atoms with E-state index in [4.69, 9.17) is 11.6 Å². The van der Waals surface area contributed by atoms with Gasteiger partial charge in [-0.3, -0.25) is 4.79 Å². The van der Waals surface area contributed by atoms with E-state index in [1.807, 2.05) is 13.8 Å². The number of nitrogens with one attached hydrogen (secondary N) is 1. The molecule has 0 aliphatic rings. The molecule has 0 amide bonds. The van der Waals surface area contributed by atoms with E-state index in [0.717, 1.165) is 5.56 Å². The highest BCUT2D eigenvalue weighted by molar-refractivity contribution is 7.89. The number of benzene rings is 3. The van der Waals surface area contributed by atoms with Crippen LogP contribution in [0.3, 0.4) is 0 Å². The average molecular weight is 472 g/mol. The number of halogens is 2. The molecule has 7 heteroatoms. The van der Waals surface area contributed by atoms with Crippen LogP contribution < -0.4 is 4.72 Å². The molecule has 1 unspecified atom stereocenters. The van der Waals surface area contributed by atoms with Gasteiger partial charge in [-0.15, -0.1) is 0 Å². The normalized spacial score (nSPS) is 13.1. The first-order valence-electron chi connectivity index (χ1n) is 10.1. The highest BCUT2D eigenvalue weighted by atomic mass is 35.5. The summed E-state index contributed by atoms with van der Waals surface area (Å²) in [5.41, 5.74) is 1.99. The summed E-state index contributed by atoms with van der Waals surface area (Å²) in [5, 5.41) is 0.486. The number of sulfonamides is 1. The maximum atomic E-state index is 13.4. The lowest BCUT2D eigenvalue weighted by Gasteiger charge is -2.22. The van der Waals surface area contributed by atoms with Crippen molar-refractivity contribution in [1.29, 1.82) is 0 Å². The molecule has 3 aromatic carbocycles. The number of ketones is 1. The third-order valence-electron chi connectivity index (χ3n) is 4.91. The minimum atomic E-state index is -3.96. The summed E-state index contributed by atoms with van der Waals surface area (Å²) in [7, 11) is -3.96. The highest BCUT2D eigenvalue weighted by Crippen LogP contribution is 2.29. The summed E-state index contributed by atoms with van der Waals surface area (Å²) in [5.74, 6) is -0.852. The van der Waals surface area contributed by atoms with Crippen LogP contribution >= 0.6 is 11.6 Å². The largest absolute Gasteiger partial charge is 0.289 e. The van der Waals surface area contributed by atoms with E-state index < -0.39 is 27.7 Å². The van der Waals surface area contributed by atoms with Crippen molar-refractivity contribution in [3.63, 3.8) is 0 Å². The number of allylic oxidation sites excluding steroid dienone is 1. The van der Waals surface area contributed by atoms with Crippen LogP contribution in [0, 0.1) is 12.7 Å². The fourth-order valence-corrected chi connectivity index (χ4v) is 4.57. The molecule has 0 saturated carbocycles. The molecule has 166 valence electrons. The molecule has 0 radical (unpaired) electrons. The minimum absolute atomic E-state index is 0.0899. The Balaban J connectivity index is 2.08. The first-order chi connectivity index (χ1) is 15.2. The Kier molecular flexibility index (Phi) is 7.61. The van der Waals surface area contributed by atoms with Crippen LogP contribution in [0.2, 0.25) is 5.02 Å². The second-order valence-corrected chi connectivity index (χ2v) is 9.47. The Bertz CT molecular complexity index is 1220. The number of Topliss-reactive ketones (excluding diaryl/α,β-unsaturated/α-hetero) is 1. The topological polar surface area (TPSA) is 63.2 Å². The third kappa shape index (κ3) is 5.71. The number of hydrogen-bond donors (Lipinski definition) is 1. The monoisotopic (exact) mass is 471 g/mol. The molecule has 0 aromatic heterocycles. The van der Waals surface area contributed by atoms with E-state index in [0.29, 0.717) is 17.0 Å². The van der Waals surface area contributed by atoms with E-state index >= 15 is 0 Å². The van der Waals surface area contributed by atoms with Crippen LogP contribution in [0.15, 0.2) is 89.3 Å². The molecule has 0 bridgehead atoms. The first-order valence-corrected chi connectivity index (χ1v) is 11.9. The van der Waals surface area contributed by atoms with Crippen LogP contribution in [0.4, 0.5) is 4.39 Å². The van der Waals surface area contributed by atoms with E-state index in [9.17, 15) is 17.6 Å². The maximum absolute atomic E-state index is 13.4. The lowest BCUT2D eigenvalue weighted by atomic mass is 9.92. The molecular weight excluding hydrogens is 449 g/mol. The second-order valence-electron chi connectivity index (χ2n) is 7.32. The van der Waals surface area contributed by atoms with Crippen LogP contribution in [0.5, 0.6) is 0 Å². The number of rotatable bonds is 8. The van der Waals surface area contributed by atoms with Gasteiger partial charge in [0.25, 0.3) is 0 Å². The van der Waals surface area contributed by atoms with Crippen LogP contribution in [-0.2, 0) is 10.0 Å². The standard InChI is InChI=1S/C25H23ClFNO3S/c1-3-4-23(25(29)19-9-13-21(27)14-10-19)24(18-7-11-20(26)12-8-18)28-32(30,31)22-15-5-17(2)6-16-22/h4-16,24,28H,3H2,1-2H3/b23-4+. The molecule has 0 heterocycles. The van der Waals surface area contributed by atoms with E-state index in [-0.39, 0.29) is 16.0 Å². The van der Waals surface area contributed by atoms with Crippen LogP contribution in [-0.4, -0.2) is 14.2 Å². The van der Waals surface area contributed by atoms with Crippen molar-refractivity contribution in [3.8, 4) is 0 Å². The molecule has 3 aromatic rings. The third-order valence-corrected chi connectivity index (χ3v) is 6.60. The zero-order valence-electron chi connectivity index (χ0n) is 17.7. The lowest BCUT2D eigenvalue weighted by Crippen LogP contribution is -2.32. The molecule has 0 spiro atoms. The van der Waals surface area contributed by atoms with Crippen molar-refractivity contribution in [2.45, 2.75) is 31.2 Å². The van der Waals surface area contributed by atoms with E-state index in [1.54, 1.807) is 42.5 Å². The minimum Gasteiger partial charge on any atom is -0.289 e. The number of carbonyl (C=O) groups is 1. The molecule has 3 rings (SSSR count). The number of hydrogen-bond acceptors (Lipinski definition) is 3. The predicted molar refractivity (Wildman–Crippen MR) is 125 cm³/mol. The van der Waals surface area contributed by atoms with Crippen LogP contribution in [0.25, 0.3) is 0 Å². The summed E-state index contributed by atoms with van der Waals surface area (Å²) >= 11 is 6.02. The Labute approximate surface area is 192 Å². The van der Waals surface area contributed by atoms with Gasteiger partial charge in [-0.25, -0.2) is 12.8 Å². The van der Waals surface area contributed by atoms with Crippen molar-refractivity contribution < 1.29 is 17.6 Å². The van der Waals surface area contributed by atoms with Crippen molar-refractivity contribution in [3.05, 3.63) is 112 Å². The molecule has 0 aliphatic heterocycles. The average Bonchev–Trinajstić information content (AvgIpc) is 2.77. The fraction of sp³-hybridized carbons (Fsp3) is 0.160. The van der Waals surface area contributed by atoms with Gasteiger partial charge in [-0.05, 0) is 67.4 Å². The summed E-state index contributed by atoms with van der Waals surface area (Å²) in [4.78, 5) is 13.4. The summed E-state index contributed by atoms with van der Waals surface area (Å²) in [6.45, 7) is 3.72. The zero-order chi connectivity index (χ0) is 23.3. The zero-order valence-corrected chi connectivity index (χ0v) is 19.3. The van der Waals surface area contributed by atoms with Gasteiger partial charge in [-0.1, -0.05) is 54.4 Å². The van der Waals surface area contributed by atoms with E-state index in [1.165, 1.54) is 36.4 Å². The molecule has 1 N–H and O–H groups in total. The second kappa shape index (κ2) is 10.2. The maximum Gasteiger partial charge on any atom is 0.241 e. The van der Waals surface area contributed by atoms with Crippen LogP contribution in [0.1, 0.15) is 40.9 Å². The van der Waals surface area contributed by atoms with Gasteiger partial charge in [0.1, 0.15) is 5.82 Å². The summed E-state index contributed by atoms with van der Waals surface area (Å²) in [6.07, 6.45) is 2.18. The Morgan fingerprint density at radius 1 is 1.00 bits per heavy atom. The summed E-state index contributed by atoms with van der Waals surface area (Å²) < 4.78 is 42.4. The Hall–Kier alpha value is -2.80. The molecular formula is C25H23ClFNO3S. The van der Waals surface area contributed by atoms with Gasteiger partial charge < -0.3 is 0 Å². The first kappa shape index (κ1) is 23.9. The van der Waals surface area contributed by atoms with E-state index in [2.05, 4.69) is 4.72 Å². The van der Waals surface area contributed by atoms with Gasteiger partial charge in [0.2, 0.25) is 10.0 Å². The van der Waals surface area contributed by atoms with Crippen molar-refractivity contribution in [2.24, 2.45) is 0 Å². The van der Waals surface area contributed by atoms with Crippen molar-refractivity contribution >= 4 is 27.4 Å².